The number of aliphatic carboxylic acids is 1. The van der Waals surface area contributed by atoms with Crippen LogP contribution >= 0.6 is 0 Å². The van der Waals surface area contributed by atoms with Crippen molar-refractivity contribution in [2.45, 2.75) is 0 Å². The Morgan fingerprint density at radius 2 is 1.64 bits per heavy atom. The lowest BCUT2D eigenvalue weighted by Gasteiger charge is -2.09. The summed E-state index contributed by atoms with van der Waals surface area (Å²) in [5.74, 6) is -1.53. The van der Waals surface area contributed by atoms with Gasteiger partial charge < -0.3 is 24.7 Å². The molecule has 146 valence electrons. The van der Waals surface area contributed by atoms with Crippen molar-refractivity contribution in [2.75, 3.05) is 19.8 Å². The lowest BCUT2D eigenvalue weighted by molar-refractivity contribution is -0.307. The van der Waals surface area contributed by atoms with Gasteiger partial charge in [0.2, 0.25) is 0 Å². The molecule has 0 saturated heterocycles. The Labute approximate surface area is 161 Å². The maximum Gasteiger partial charge on any atom is 0.259 e. The Balaban J connectivity index is 1.73. The van der Waals surface area contributed by atoms with Gasteiger partial charge in [0, 0.05) is 5.56 Å². The molecule has 2 aromatic rings. The molecule has 0 heterocycles. The summed E-state index contributed by atoms with van der Waals surface area (Å²) in [6.07, 6.45) is 1.29. The van der Waals surface area contributed by atoms with Crippen LogP contribution in [0.1, 0.15) is 5.56 Å². The number of hydrogen-bond acceptors (Lipinski definition) is 7. The molecule has 2 aromatic carbocycles. The first-order valence-electron chi connectivity index (χ1n) is 8.22. The van der Waals surface area contributed by atoms with Gasteiger partial charge in [-0.3, -0.25) is 9.59 Å². The van der Waals surface area contributed by atoms with E-state index in [1.807, 2.05) is 6.07 Å². The highest BCUT2D eigenvalue weighted by molar-refractivity contribution is 5.87. The van der Waals surface area contributed by atoms with Crippen molar-refractivity contribution in [1.82, 2.24) is 10.7 Å². The predicted molar refractivity (Wildman–Crippen MR) is 97.6 cm³/mol. The number of ether oxygens (including phenoxy) is 2. The molecular weight excluding hydrogens is 366 g/mol. The minimum atomic E-state index is -1.35. The number of hydrogen-bond donors (Lipinski definition) is 2. The minimum absolute atomic E-state index is 0.219. The zero-order valence-corrected chi connectivity index (χ0v) is 14.8. The second kappa shape index (κ2) is 11.0. The van der Waals surface area contributed by atoms with Crippen LogP contribution in [0.5, 0.6) is 11.5 Å². The van der Waals surface area contributed by atoms with Gasteiger partial charge in [-0.2, -0.15) is 5.10 Å². The Hall–Kier alpha value is -3.88. The molecule has 0 atom stereocenters. The number of para-hydroxylation sites is 2. The summed E-state index contributed by atoms with van der Waals surface area (Å²) in [6, 6.07) is 15.3. The van der Waals surface area contributed by atoms with Crippen LogP contribution < -0.4 is 25.3 Å². The van der Waals surface area contributed by atoms with E-state index in [-0.39, 0.29) is 18.9 Å². The third-order valence-corrected chi connectivity index (χ3v) is 3.22. The molecule has 9 nitrogen and oxygen atoms in total. The Kier molecular flexibility index (Phi) is 8.00. The molecule has 0 bridgehead atoms. The number of benzene rings is 2. The van der Waals surface area contributed by atoms with Crippen LogP contribution in [0.25, 0.3) is 0 Å². The number of nitrogens with one attached hydrogen (secondary N) is 2. The van der Waals surface area contributed by atoms with Crippen molar-refractivity contribution in [1.29, 1.82) is 0 Å². The van der Waals surface area contributed by atoms with E-state index in [1.165, 1.54) is 6.21 Å². The van der Waals surface area contributed by atoms with E-state index in [9.17, 15) is 19.5 Å². The average molecular weight is 384 g/mol. The summed E-state index contributed by atoms with van der Waals surface area (Å²) < 4.78 is 10.3. The first kappa shape index (κ1) is 20.4. The van der Waals surface area contributed by atoms with Crippen LogP contribution in [0, 0.1) is 0 Å². The molecule has 28 heavy (non-hydrogen) atoms. The maximum absolute atomic E-state index is 11.7. The van der Waals surface area contributed by atoms with Gasteiger partial charge in [0.05, 0.1) is 18.7 Å². The molecule has 2 N–H and O–H groups in total. The molecule has 0 aliphatic heterocycles. The van der Waals surface area contributed by atoms with Crippen molar-refractivity contribution in [3.8, 4) is 11.5 Å². The third kappa shape index (κ3) is 7.56. The molecule has 2 rings (SSSR count). The SMILES string of the molecule is O=C([O-])COc1ccccc1/C=N\NC(=O)CNC(=O)COc1ccccc1. The number of carboxylic acid groups (broad SMARTS) is 1. The van der Waals surface area contributed by atoms with Crippen LogP contribution in [0.2, 0.25) is 0 Å². The highest BCUT2D eigenvalue weighted by Gasteiger charge is 2.06. The molecule has 0 spiro atoms. The van der Waals surface area contributed by atoms with Gasteiger partial charge in [-0.05, 0) is 24.3 Å². The fraction of sp³-hybridized carbons (Fsp3) is 0.158. The molecule has 0 aliphatic rings. The van der Waals surface area contributed by atoms with Crippen molar-refractivity contribution in [3.05, 3.63) is 60.2 Å². The largest absolute Gasteiger partial charge is 0.546 e. The van der Waals surface area contributed by atoms with Crippen LogP contribution in [-0.4, -0.2) is 43.8 Å². The average Bonchev–Trinajstić information content (AvgIpc) is 2.70. The predicted octanol–water partition coefficient (Wildman–Crippen LogP) is -0.539. The molecule has 0 unspecified atom stereocenters. The quantitative estimate of drug-likeness (QED) is 0.418. The molecule has 9 heteroatoms. The maximum atomic E-state index is 11.7. The van der Waals surface area contributed by atoms with Gasteiger partial charge in [-0.15, -0.1) is 0 Å². The minimum Gasteiger partial charge on any atom is -0.546 e. The van der Waals surface area contributed by atoms with Gasteiger partial charge in [0.1, 0.15) is 18.1 Å². The Morgan fingerprint density at radius 1 is 0.929 bits per heavy atom. The molecule has 2 amide bonds. The zero-order valence-electron chi connectivity index (χ0n) is 14.8. The second-order valence-electron chi connectivity index (χ2n) is 5.37. The van der Waals surface area contributed by atoms with E-state index in [2.05, 4.69) is 15.8 Å². The fourth-order valence-electron chi connectivity index (χ4n) is 1.96. The lowest BCUT2D eigenvalue weighted by Crippen LogP contribution is -2.37. The lowest BCUT2D eigenvalue weighted by atomic mass is 10.2. The van der Waals surface area contributed by atoms with Gasteiger partial charge >= 0.3 is 0 Å². The number of carbonyl (C=O) groups is 3. The number of nitrogens with zero attached hydrogens (tertiary/aromatic N) is 1. The van der Waals surface area contributed by atoms with Crippen molar-refractivity contribution >= 4 is 24.0 Å². The van der Waals surface area contributed by atoms with E-state index in [0.29, 0.717) is 11.3 Å². The summed E-state index contributed by atoms with van der Waals surface area (Å²) >= 11 is 0. The van der Waals surface area contributed by atoms with Crippen LogP contribution in [0.3, 0.4) is 0 Å². The van der Waals surface area contributed by atoms with E-state index in [4.69, 9.17) is 9.47 Å². The smallest absolute Gasteiger partial charge is 0.259 e. The molecule has 0 aliphatic carbocycles. The molecule has 0 radical (unpaired) electrons. The summed E-state index contributed by atoms with van der Waals surface area (Å²) in [5, 5.41) is 16.6. The van der Waals surface area contributed by atoms with E-state index in [0.717, 1.165) is 0 Å². The molecule has 0 saturated carbocycles. The highest BCUT2D eigenvalue weighted by atomic mass is 16.5. The second-order valence-corrected chi connectivity index (χ2v) is 5.37. The number of rotatable bonds is 10. The number of hydrazone groups is 1. The van der Waals surface area contributed by atoms with Crippen molar-refractivity contribution in [3.63, 3.8) is 0 Å². The number of amides is 2. The van der Waals surface area contributed by atoms with Crippen molar-refractivity contribution < 1.29 is 29.0 Å². The molecule has 0 aromatic heterocycles. The van der Waals surface area contributed by atoms with Crippen LogP contribution in [0.4, 0.5) is 0 Å². The Bertz CT molecular complexity index is 839. The van der Waals surface area contributed by atoms with Crippen molar-refractivity contribution in [2.24, 2.45) is 5.10 Å². The van der Waals surface area contributed by atoms with Gasteiger partial charge in [-0.1, -0.05) is 30.3 Å². The first-order valence-corrected chi connectivity index (χ1v) is 8.22. The topological polar surface area (TPSA) is 129 Å². The summed E-state index contributed by atoms with van der Waals surface area (Å²) in [5.41, 5.74) is 2.71. The fourth-order valence-corrected chi connectivity index (χ4v) is 1.96. The van der Waals surface area contributed by atoms with Gasteiger partial charge in [0.25, 0.3) is 11.8 Å². The van der Waals surface area contributed by atoms with Gasteiger partial charge in [0.15, 0.2) is 6.61 Å². The summed E-state index contributed by atoms with van der Waals surface area (Å²) in [6.45, 7) is -1.10. The van der Waals surface area contributed by atoms with E-state index >= 15 is 0 Å². The highest BCUT2D eigenvalue weighted by Crippen LogP contribution is 2.15. The summed E-state index contributed by atoms with van der Waals surface area (Å²) in [4.78, 5) is 33.8. The third-order valence-electron chi connectivity index (χ3n) is 3.22. The van der Waals surface area contributed by atoms with Gasteiger partial charge in [-0.25, -0.2) is 5.43 Å². The van der Waals surface area contributed by atoms with E-state index < -0.39 is 24.4 Å². The molecular formula is C19H18N3O6-. The zero-order chi connectivity index (χ0) is 20.2. The standard InChI is InChI=1S/C19H19N3O6/c23-17(11-20-18(24)12-27-15-7-2-1-3-8-15)22-21-10-14-6-4-5-9-16(14)28-13-19(25)26/h1-10H,11-13H2,(H,20,24)(H,22,23)(H,25,26)/p-1/b21-10-. The number of carbonyl (C=O) groups excluding carboxylic acids is 3. The normalized spacial score (nSPS) is 10.3. The van der Waals surface area contributed by atoms with E-state index in [1.54, 1.807) is 48.5 Å². The number of carboxylic acids is 1. The molecule has 0 fully saturated rings. The van der Waals surface area contributed by atoms with Crippen LogP contribution in [0.15, 0.2) is 59.7 Å². The van der Waals surface area contributed by atoms with Crippen LogP contribution in [-0.2, 0) is 14.4 Å². The summed E-state index contributed by atoms with van der Waals surface area (Å²) in [7, 11) is 0. The monoisotopic (exact) mass is 384 g/mol. The Morgan fingerprint density at radius 3 is 2.39 bits per heavy atom. The first-order chi connectivity index (χ1) is 13.5.